The predicted molar refractivity (Wildman–Crippen MR) is 110 cm³/mol. The van der Waals surface area contributed by atoms with Gasteiger partial charge < -0.3 is 9.80 Å². The van der Waals surface area contributed by atoms with Crippen LogP contribution in [0.5, 0.6) is 0 Å². The van der Waals surface area contributed by atoms with E-state index in [-0.39, 0.29) is 11.3 Å². The van der Waals surface area contributed by atoms with Crippen molar-refractivity contribution in [2.45, 2.75) is 38.5 Å². The number of piperazine rings is 1. The maximum atomic E-state index is 12.0. The molecule has 0 unspecified atom stereocenters. The van der Waals surface area contributed by atoms with Gasteiger partial charge >= 0.3 is 0 Å². The summed E-state index contributed by atoms with van der Waals surface area (Å²) >= 11 is 5.91. The Morgan fingerprint density at radius 2 is 1.70 bits per heavy atom. The van der Waals surface area contributed by atoms with Crippen molar-refractivity contribution in [3.05, 3.63) is 42.1 Å². The minimum atomic E-state index is -0.479. The molecular weight excluding hydrogens is 360 g/mol. The van der Waals surface area contributed by atoms with E-state index in [0.29, 0.717) is 32.1 Å². The van der Waals surface area contributed by atoms with E-state index in [1.807, 2.05) is 11.0 Å². The average molecular weight is 387 g/mol. The summed E-state index contributed by atoms with van der Waals surface area (Å²) in [7, 11) is 0. The Morgan fingerprint density at radius 1 is 1.07 bits per heavy atom. The van der Waals surface area contributed by atoms with Crippen LogP contribution in [-0.4, -0.2) is 52.3 Å². The molecule has 0 bridgehead atoms. The first-order valence-corrected chi connectivity index (χ1v) is 9.81. The van der Waals surface area contributed by atoms with Gasteiger partial charge in [0.2, 0.25) is 11.9 Å². The van der Waals surface area contributed by atoms with E-state index >= 15 is 0 Å². The molecule has 1 amide bonds. The number of carbonyl (C=O) groups is 1. The summed E-state index contributed by atoms with van der Waals surface area (Å²) in [5, 5.41) is -0.479. The summed E-state index contributed by atoms with van der Waals surface area (Å²) in [4.78, 5) is 25.1. The van der Waals surface area contributed by atoms with Gasteiger partial charge in [-0.15, -0.1) is 11.6 Å². The first kappa shape index (κ1) is 19.6. The molecule has 2 heterocycles. The van der Waals surface area contributed by atoms with E-state index in [2.05, 4.69) is 54.9 Å². The summed E-state index contributed by atoms with van der Waals surface area (Å²) in [5.74, 6) is 0.698. The van der Waals surface area contributed by atoms with Crippen molar-refractivity contribution in [1.82, 2.24) is 14.9 Å². The Labute approximate surface area is 166 Å². The molecule has 0 N–H and O–H groups in total. The number of amides is 1. The van der Waals surface area contributed by atoms with Gasteiger partial charge in [0.05, 0.1) is 5.69 Å². The molecule has 1 aromatic heterocycles. The molecule has 1 saturated heterocycles. The molecule has 5 nitrogen and oxygen atoms in total. The van der Waals surface area contributed by atoms with Crippen LogP contribution in [0.15, 0.2) is 36.5 Å². The molecule has 0 radical (unpaired) electrons. The number of rotatable bonds is 3. The lowest BCUT2D eigenvalue weighted by Gasteiger charge is -2.35. The largest absolute Gasteiger partial charge is 0.338 e. The van der Waals surface area contributed by atoms with Gasteiger partial charge in [-0.05, 0) is 24.0 Å². The molecule has 3 rings (SSSR count). The zero-order valence-corrected chi connectivity index (χ0v) is 17.2. The van der Waals surface area contributed by atoms with Crippen molar-refractivity contribution >= 4 is 23.5 Å². The van der Waals surface area contributed by atoms with E-state index in [4.69, 9.17) is 16.6 Å². The minimum Gasteiger partial charge on any atom is -0.338 e. The van der Waals surface area contributed by atoms with Gasteiger partial charge in [0.15, 0.2) is 0 Å². The van der Waals surface area contributed by atoms with Crippen molar-refractivity contribution in [3.63, 3.8) is 0 Å². The van der Waals surface area contributed by atoms with Crippen LogP contribution in [0.1, 0.15) is 33.3 Å². The second kappa shape index (κ2) is 7.85. The molecule has 1 atom stereocenters. The highest BCUT2D eigenvalue weighted by atomic mass is 35.5. The van der Waals surface area contributed by atoms with Gasteiger partial charge in [0.25, 0.3) is 0 Å². The van der Waals surface area contributed by atoms with Crippen molar-refractivity contribution in [2.75, 3.05) is 31.1 Å². The normalized spacial score (nSPS) is 16.3. The van der Waals surface area contributed by atoms with Crippen LogP contribution in [0.2, 0.25) is 0 Å². The van der Waals surface area contributed by atoms with Gasteiger partial charge in [-0.1, -0.05) is 45.0 Å². The van der Waals surface area contributed by atoms with Gasteiger partial charge in [0.1, 0.15) is 5.38 Å². The second-order valence-corrected chi connectivity index (χ2v) is 8.65. The Balaban J connectivity index is 1.72. The molecule has 1 fully saturated rings. The van der Waals surface area contributed by atoms with Crippen LogP contribution in [-0.2, 0) is 10.2 Å². The number of hydrogen-bond donors (Lipinski definition) is 0. The Kier molecular flexibility index (Phi) is 5.70. The second-order valence-electron chi connectivity index (χ2n) is 8.00. The summed E-state index contributed by atoms with van der Waals surface area (Å²) in [6, 6.07) is 10.5. The minimum absolute atomic E-state index is 0.00933. The molecule has 144 valence electrons. The predicted octanol–water partition coefficient (Wildman–Crippen LogP) is 3.72. The number of hydrogen-bond acceptors (Lipinski definition) is 4. The molecule has 1 aliphatic heterocycles. The lowest BCUT2D eigenvalue weighted by Crippen LogP contribution is -2.50. The van der Waals surface area contributed by atoms with Gasteiger partial charge in [-0.25, -0.2) is 9.97 Å². The summed E-state index contributed by atoms with van der Waals surface area (Å²) in [6.45, 7) is 11.0. The number of alkyl halides is 1. The zero-order chi connectivity index (χ0) is 19.6. The van der Waals surface area contributed by atoms with E-state index in [1.165, 1.54) is 5.56 Å². The Morgan fingerprint density at radius 3 is 2.26 bits per heavy atom. The van der Waals surface area contributed by atoms with Crippen LogP contribution in [0, 0.1) is 0 Å². The lowest BCUT2D eigenvalue weighted by molar-refractivity contribution is -0.130. The molecular formula is C21H27ClN4O. The molecule has 0 saturated carbocycles. The fourth-order valence-electron chi connectivity index (χ4n) is 3.18. The Hall–Kier alpha value is -2.14. The Bertz CT molecular complexity index is 791. The quantitative estimate of drug-likeness (QED) is 0.754. The van der Waals surface area contributed by atoms with Crippen molar-refractivity contribution in [2.24, 2.45) is 0 Å². The lowest BCUT2D eigenvalue weighted by atomic mass is 9.86. The topological polar surface area (TPSA) is 49.3 Å². The van der Waals surface area contributed by atoms with Gasteiger partial charge in [-0.3, -0.25) is 4.79 Å². The standard InChI is InChI=1S/C21H27ClN4O/c1-15(22)19(27)25-11-13-26(14-12-25)20-23-10-9-18(24-20)16-5-7-17(8-6-16)21(2,3)4/h5-10,15H,11-14H2,1-4H3/t15-/m1/s1. The fraction of sp³-hybridized carbons (Fsp3) is 0.476. The van der Waals surface area contributed by atoms with Crippen LogP contribution in [0.4, 0.5) is 5.95 Å². The number of halogens is 1. The fourth-order valence-corrected chi connectivity index (χ4v) is 3.32. The van der Waals surface area contributed by atoms with E-state index < -0.39 is 5.38 Å². The van der Waals surface area contributed by atoms with Crippen LogP contribution >= 0.6 is 11.6 Å². The number of nitrogens with zero attached hydrogens (tertiary/aromatic N) is 4. The third-order valence-electron chi connectivity index (χ3n) is 4.90. The number of aromatic nitrogens is 2. The molecule has 0 aliphatic carbocycles. The third-order valence-corrected chi connectivity index (χ3v) is 5.09. The molecule has 6 heteroatoms. The molecule has 0 spiro atoms. The molecule has 1 aromatic carbocycles. The SMILES string of the molecule is C[C@@H](Cl)C(=O)N1CCN(c2nccc(-c3ccc(C(C)(C)C)cc3)n2)CC1. The smallest absolute Gasteiger partial charge is 0.240 e. The van der Waals surface area contributed by atoms with E-state index in [9.17, 15) is 4.79 Å². The molecule has 1 aliphatic rings. The van der Waals surface area contributed by atoms with Crippen LogP contribution < -0.4 is 4.90 Å². The first-order chi connectivity index (χ1) is 12.8. The number of anilines is 1. The first-order valence-electron chi connectivity index (χ1n) is 9.37. The highest BCUT2D eigenvalue weighted by molar-refractivity contribution is 6.30. The number of benzene rings is 1. The monoisotopic (exact) mass is 386 g/mol. The average Bonchev–Trinajstić information content (AvgIpc) is 2.67. The van der Waals surface area contributed by atoms with Crippen molar-refractivity contribution in [3.8, 4) is 11.3 Å². The van der Waals surface area contributed by atoms with Gasteiger partial charge in [0, 0.05) is 37.9 Å². The highest BCUT2D eigenvalue weighted by Crippen LogP contribution is 2.26. The third kappa shape index (κ3) is 4.59. The zero-order valence-electron chi connectivity index (χ0n) is 16.4. The number of carbonyl (C=O) groups excluding carboxylic acids is 1. The summed E-state index contributed by atoms with van der Waals surface area (Å²) in [5.41, 5.74) is 3.42. The summed E-state index contributed by atoms with van der Waals surface area (Å²) in [6.07, 6.45) is 1.80. The van der Waals surface area contributed by atoms with Crippen molar-refractivity contribution in [1.29, 1.82) is 0 Å². The van der Waals surface area contributed by atoms with Gasteiger partial charge in [-0.2, -0.15) is 0 Å². The highest BCUT2D eigenvalue weighted by Gasteiger charge is 2.25. The van der Waals surface area contributed by atoms with E-state index in [1.54, 1.807) is 13.1 Å². The van der Waals surface area contributed by atoms with Crippen LogP contribution in [0.3, 0.4) is 0 Å². The molecule has 2 aromatic rings. The maximum absolute atomic E-state index is 12.0. The molecule has 27 heavy (non-hydrogen) atoms. The van der Waals surface area contributed by atoms with E-state index in [0.717, 1.165) is 11.3 Å². The van der Waals surface area contributed by atoms with Crippen LogP contribution in [0.25, 0.3) is 11.3 Å². The maximum Gasteiger partial charge on any atom is 0.240 e. The van der Waals surface area contributed by atoms with Crippen molar-refractivity contribution < 1.29 is 4.79 Å². The summed E-state index contributed by atoms with van der Waals surface area (Å²) < 4.78 is 0.